The Labute approximate surface area is 176 Å². The highest BCUT2D eigenvalue weighted by Crippen LogP contribution is 2.18. The first kappa shape index (κ1) is 23.1. The van der Waals surface area contributed by atoms with E-state index in [1.165, 1.54) is 17.0 Å². The second-order valence-corrected chi connectivity index (χ2v) is 8.26. The fourth-order valence-electron chi connectivity index (χ4n) is 2.88. The monoisotopic (exact) mass is 428 g/mol. The van der Waals surface area contributed by atoms with Crippen molar-refractivity contribution in [3.05, 3.63) is 60.2 Å². The molecule has 0 aromatic heterocycles. The van der Waals surface area contributed by atoms with Crippen molar-refractivity contribution in [2.45, 2.75) is 37.1 Å². The average Bonchev–Trinajstić information content (AvgIpc) is 2.72. The Bertz CT molecular complexity index is 1030. The van der Waals surface area contributed by atoms with Gasteiger partial charge in [0.05, 0.1) is 23.4 Å². The Balaban J connectivity index is 1.97. The molecule has 0 bridgehead atoms. The number of nitrogens with zero attached hydrogens (tertiary/aromatic N) is 2. The van der Waals surface area contributed by atoms with Crippen molar-refractivity contribution in [1.82, 2.24) is 5.32 Å². The van der Waals surface area contributed by atoms with Crippen molar-refractivity contribution in [2.24, 2.45) is 5.14 Å². The van der Waals surface area contributed by atoms with Gasteiger partial charge in [-0.3, -0.25) is 9.59 Å². The van der Waals surface area contributed by atoms with Gasteiger partial charge in [-0.1, -0.05) is 30.3 Å². The third kappa shape index (κ3) is 6.69. The van der Waals surface area contributed by atoms with E-state index in [0.29, 0.717) is 11.3 Å². The Morgan fingerprint density at radius 3 is 2.47 bits per heavy atom. The van der Waals surface area contributed by atoms with Crippen LogP contribution in [0.15, 0.2) is 59.5 Å². The van der Waals surface area contributed by atoms with Gasteiger partial charge in [0.1, 0.15) is 0 Å². The lowest BCUT2D eigenvalue weighted by atomic mass is 10.1. The number of sulfonamides is 1. The molecule has 0 aliphatic rings. The minimum absolute atomic E-state index is 0.0178. The first-order valence-electron chi connectivity index (χ1n) is 9.37. The first-order chi connectivity index (χ1) is 14.2. The molecule has 30 heavy (non-hydrogen) atoms. The zero-order chi connectivity index (χ0) is 22.1. The second kappa shape index (κ2) is 10.5. The molecule has 3 N–H and O–H groups in total. The zero-order valence-electron chi connectivity index (χ0n) is 16.6. The molecule has 0 spiro atoms. The fourth-order valence-corrected chi connectivity index (χ4v) is 3.45. The summed E-state index contributed by atoms with van der Waals surface area (Å²) in [6, 6.07) is 16.6. The van der Waals surface area contributed by atoms with Crippen LogP contribution in [0.25, 0.3) is 0 Å². The molecule has 0 saturated heterocycles. The highest BCUT2D eigenvalue weighted by molar-refractivity contribution is 7.89. The number of rotatable bonds is 9. The van der Waals surface area contributed by atoms with Gasteiger partial charge in [0.25, 0.3) is 0 Å². The van der Waals surface area contributed by atoms with E-state index in [1.807, 2.05) is 12.1 Å². The third-order valence-electron chi connectivity index (χ3n) is 4.45. The van der Waals surface area contributed by atoms with Crippen LogP contribution in [0.4, 0.5) is 5.69 Å². The average molecular weight is 429 g/mol. The summed E-state index contributed by atoms with van der Waals surface area (Å²) in [5.74, 6) is -0.597. The number of hydrogen-bond acceptors (Lipinski definition) is 5. The number of carbonyl (C=O) groups excluding carboxylic acids is 2. The lowest BCUT2D eigenvalue weighted by molar-refractivity contribution is -0.125. The Morgan fingerprint density at radius 2 is 1.83 bits per heavy atom. The number of hydrogen-bond donors (Lipinski definition) is 2. The summed E-state index contributed by atoms with van der Waals surface area (Å²) in [6.45, 7) is 1.96. The van der Waals surface area contributed by atoms with Gasteiger partial charge in [0.2, 0.25) is 21.8 Å². The van der Waals surface area contributed by atoms with Crippen LogP contribution < -0.4 is 15.4 Å². The topological polar surface area (TPSA) is 133 Å². The Hall–Kier alpha value is -3.22. The molecule has 0 radical (unpaired) electrons. The fraction of sp³-hybridized carbons (Fsp3) is 0.286. The van der Waals surface area contributed by atoms with Crippen molar-refractivity contribution >= 4 is 27.5 Å². The minimum Gasteiger partial charge on any atom is -0.350 e. The molecule has 0 aliphatic heterocycles. The molecule has 0 heterocycles. The van der Waals surface area contributed by atoms with Gasteiger partial charge < -0.3 is 10.2 Å². The quantitative estimate of drug-likeness (QED) is 0.632. The summed E-state index contributed by atoms with van der Waals surface area (Å²) in [5.41, 5.74) is 1.26. The van der Waals surface area contributed by atoms with Gasteiger partial charge >= 0.3 is 0 Å². The molecule has 0 saturated carbocycles. The standard InChI is InChI=1S/C21H24N4O4S/c1-16(17-7-5-10-19(15-17)30(23,28)29)24-20(26)11-12-21(27)25(14-6-13-22)18-8-3-2-4-9-18/h2-5,7-10,15-16H,6,11-12,14H2,1H3,(H,24,26)(H2,23,28,29). The van der Waals surface area contributed by atoms with Crippen molar-refractivity contribution in [1.29, 1.82) is 5.26 Å². The normalized spacial score (nSPS) is 11.9. The molecule has 0 fully saturated rings. The number of primary sulfonamides is 1. The van der Waals surface area contributed by atoms with Gasteiger partial charge in [0.15, 0.2) is 0 Å². The zero-order valence-corrected chi connectivity index (χ0v) is 17.4. The van der Waals surface area contributed by atoms with Gasteiger partial charge in [-0.25, -0.2) is 13.6 Å². The molecule has 0 aliphatic carbocycles. The molecular weight excluding hydrogens is 404 g/mol. The van der Waals surface area contributed by atoms with E-state index < -0.39 is 16.1 Å². The van der Waals surface area contributed by atoms with Gasteiger partial charge in [-0.15, -0.1) is 0 Å². The Kier molecular flexibility index (Phi) is 8.09. The lowest BCUT2D eigenvalue weighted by Gasteiger charge is -2.22. The molecule has 2 rings (SSSR count). The molecule has 158 valence electrons. The molecule has 9 heteroatoms. The van der Waals surface area contributed by atoms with Crippen LogP contribution in [0.1, 0.15) is 37.8 Å². The van der Waals surface area contributed by atoms with Crippen molar-refractivity contribution in [3.63, 3.8) is 0 Å². The maximum absolute atomic E-state index is 12.6. The van der Waals surface area contributed by atoms with Crippen LogP contribution in [-0.4, -0.2) is 26.8 Å². The van der Waals surface area contributed by atoms with Crippen LogP contribution in [0, 0.1) is 11.3 Å². The summed E-state index contributed by atoms with van der Waals surface area (Å²) in [5, 5.41) is 16.7. The van der Waals surface area contributed by atoms with Crippen molar-refractivity contribution in [3.8, 4) is 6.07 Å². The summed E-state index contributed by atoms with van der Waals surface area (Å²) in [4.78, 5) is 26.4. The predicted molar refractivity (Wildman–Crippen MR) is 113 cm³/mol. The van der Waals surface area contributed by atoms with Crippen LogP contribution >= 0.6 is 0 Å². The highest BCUT2D eigenvalue weighted by Gasteiger charge is 2.18. The largest absolute Gasteiger partial charge is 0.350 e. The second-order valence-electron chi connectivity index (χ2n) is 6.70. The number of benzene rings is 2. The van der Waals surface area contributed by atoms with E-state index in [0.717, 1.165) is 0 Å². The van der Waals surface area contributed by atoms with Crippen LogP contribution in [0.2, 0.25) is 0 Å². The summed E-state index contributed by atoms with van der Waals surface area (Å²) in [7, 11) is -3.84. The molecule has 1 unspecified atom stereocenters. The van der Waals surface area contributed by atoms with Crippen molar-refractivity contribution < 1.29 is 18.0 Å². The van der Waals surface area contributed by atoms with Gasteiger partial charge in [0, 0.05) is 25.1 Å². The summed E-state index contributed by atoms with van der Waals surface area (Å²) < 4.78 is 23.0. The minimum atomic E-state index is -3.84. The van der Waals surface area contributed by atoms with E-state index >= 15 is 0 Å². The van der Waals surface area contributed by atoms with E-state index in [2.05, 4.69) is 5.32 Å². The van der Waals surface area contributed by atoms with Crippen LogP contribution in [0.3, 0.4) is 0 Å². The number of para-hydroxylation sites is 1. The number of nitrogens with two attached hydrogens (primary N) is 1. The van der Waals surface area contributed by atoms with E-state index in [4.69, 9.17) is 10.4 Å². The number of amides is 2. The predicted octanol–water partition coefficient (Wildman–Crippen LogP) is 2.24. The maximum Gasteiger partial charge on any atom is 0.238 e. The molecule has 2 amide bonds. The third-order valence-corrected chi connectivity index (χ3v) is 5.36. The Morgan fingerprint density at radius 1 is 1.13 bits per heavy atom. The van der Waals surface area contributed by atoms with Gasteiger partial charge in [-0.05, 0) is 36.8 Å². The molecule has 2 aromatic rings. The van der Waals surface area contributed by atoms with Crippen LogP contribution in [0.5, 0.6) is 0 Å². The molecule has 2 aromatic carbocycles. The smallest absolute Gasteiger partial charge is 0.238 e. The van der Waals surface area contributed by atoms with Crippen molar-refractivity contribution in [2.75, 3.05) is 11.4 Å². The number of anilines is 1. The lowest BCUT2D eigenvalue weighted by Crippen LogP contribution is -2.33. The first-order valence-corrected chi connectivity index (χ1v) is 10.9. The van der Waals surface area contributed by atoms with E-state index in [1.54, 1.807) is 43.3 Å². The maximum atomic E-state index is 12.6. The number of carbonyl (C=O) groups is 2. The summed E-state index contributed by atoms with van der Waals surface area (Å²) in [6.07, 6.45) is 0.133. The number of nitriles is 1. The SMILES string of the molecule is CC(NC(=O)CCC(=O)N(CCC#N)c1ccccc1)c1cccc(S(N)(=O)=O)c1. The van der Waals surface area contributed by atoms with E-state index in [9.17, 15) is 18.0 Å². The van der Waals surface area contributed by atoms with Gasteiger partial charge in [-0.2, -0.15) is 5.26 Å². The molecule has 1 atom stereocenters. The molecular formula is C21H24N4O4S. The molecule has 8 nitrogen and oxygen atoms in total. The van der Waals surface area contributed by atoms with Crippen LogP contribution in [-0.2, 0) is 19.6 Å². The summed E-state index contributed by atoms with van der Waals surface area (Å²) >= 11 is 0. The highest BCUT2D eigenvalue weighted by atomic mass is 32.2. The van der Waals surface area contributed by atoms with E-state index in [-0.39, 0.29) is 42.5 Å². The number of nitrogens with one attached hydrogen (secondary N) is 1.